The van der Waals surface area contributed by atoms with E-state index in [1.165, 1.54) is 4.90 Å². The van der Waals surface area contributed by atoms with Gasteiger partial charge in [0.05, 0.1) is 27.2 Å². The molecule has 1 rings (SSSR count). The second-order valence-corrected chi connectivity index (χ2v) is 4.64. The number of rotatable bonds is 7. The minimum atomic E-state index is -0.315. The quantitative estimate of drug-likeness (QED) is 0.566. The Balaban J connectivity index is 2.17. The fraction of sp³-hybridized carbons (Fsp3) is 0.500. The van der Waals surface area contributed by atoms with Crippen LogP contribution in [0.4, 0.5) is 0 Å². The number of aryl methyl sites for hydroxylation is 1. The molecule has 0 aliphatic carbocycles. The van der Waals surface area contributed by atoms with Gasteiger partial charge >= 0.3 is 5.97 Å². The van der Waals surface area contributed by atoms with Gasteiger partial charge in [0.1, 0.15) is 5.75 Å². The van der Waals surface area contributed by atoms with E-state index in [-0.39, 0.29) is 12.6 Å². The fourth-order valence-electron chi connectivity index (χ4n) is 1.50. The van der Waals surface area contributed by atoms with Gasteiger partial charge in [0.25, 0.3) is 0 Å². The maximum Gasteiger partial charge on any atom is 0.344 e. The van der Waals surface area contributed by atoms with Gasteiger partial charge in [0, 0.05) is 6.42 Å². The third kappa shape index (κ3) is 6.25. The summed E-state index contributed by atoms with van der Waals surface area (Å²) < 4.78 is 10.4. The summed E-state index contributed by atoms with van der Waals surface area (Å²) in [6, 6.07) is 7.60. The van der Waals surface area contributed by atoms with E-state index in [0.29, 0.717) is 12.4 Å². The zero-order valence-electron chi connectivity index (χ0n) is 11.4. The number of ether oxygens (including phenoxy) is 2. The van der Waals surface area contributed by atoms with Crippen molar-refractivity contribution in [2.24, 2.45) is 0 Å². The second-order valence-electron chi connectivity index (χ2n) is 4.64. The molecular formula is C14H22NO3+. The molecule has 0 spiro atoms. The lowest BCUT2D eigenvalue weighted by molar-refractivity contribution is -0.858. The van der Waals surface area contributed by atoms with Gasteiger partial charge in [-0.15, -0.1) is 0 Å². The van der Waals surface area contributed by atoms with Gasteiger partial charge in [-0.05, 0) is 24.6 Å². The van der Waals surface area contributed by atoms with E-state index >= 15 is 0 Å². The summed E-state index contributed by atoms with van der Waals surface area (Å²) in [5.74, 6) is 0.384. The van der Waals surface area contributed by atoms with Crippen molar-refractivity contribution in [3.05, 3.63) is 29.8 Å². The number of carbonyl (C=O) groups excluding carboxylic acids is 1. The lowest BCUT2D eigenvalue weighted by Gasteiger charge is -2.09. The summed E-state index contributed by atoms with van der Waals surface area (Å²) in [7, 11) is 4.14. The summed E-state index contributed by atoms with van der Waals surface area (Å²) in [4.78, 5) is 12.7. The molecule has 4 nitrogen and oxygen atoms in total. The highest BCUT2D eigenvalue weighted by atomic mass is 16.6. The molecule has 0 unspecified atom stereocenters. The lowest BCUT2D eigenvalue weighted by Crippen LogP contribution is -3.05. The summed E-state index contributed by atoms with van der Waals surface area (Å²) in [6.07, 6.45) is 0.874. The average Bonchev–Trinajstić information content (AvgIpc) is 2.32. The number of esters is 1. The van der Waals surface area contributed by atoms with Gasteiger partial charge in [-0.3, -0.25) is 0 Å². The minimum Gasteiger partial charge on any atom is -0.482 e. The van der Waals surface area contributed by atoms with Crippen LogP contribution in [0.1, 0.15) is 12.0 Å². The van der Waals surface area contributed by atoms with Gasteiger partial charge in [0.2, 0.25) is 0 Å². The standard InChI is InChI=1S/C14H21NO3/c1-12-6-4-7-13(10-12)18-11-14(16)17-9-5-8-15(2)3/h4,6-7,10H,5,8-9,11H2,1-3H3/p+1. The van der Waals surface area contributed by atoms with Crippen molar-refractivity contribution in [3.8, 4) is 5.75 Å². The molecule has 1 aromatic carbocycles. The molecule has 0 heterocycles. The Morgan fingerprint density at radius 3 is 2.78 bits per heavy atom. The first-order valence-electron chi connectivity index (χ1n) is 6.22. The van der Waals surface area contributed by atoms with E-state index < -0.39 is 0 Å². The van der Waals surface area contributed by atoms with E-state index in [0.717, 1.165) is 18.5 Å². The van der Waals surface area contributed by atoms with Crippen molar-refractivity contribution in [2.75, 3.05) is 33.9 Å². The van der Waals surface area contributed by atoms with Gasteiger partial charge in [-0.1, -0.05) is 12.1 Å². The molecule has 0 aliphatic rings. The first-order valence-corrected chi connectivity index (χ1v) is 6.22. The maximum absolute atomic E-state index is 11.4. The van der Waals surface area contributed by atoms with Gasteiger partial charge < -0.3 is 14.4 Å². The number of carbonyl (C=O) groups is 1. The smallest absolute Gasteiger partial charge is 0.344 e. The van der Waals surface area contributed by atoms with Crippen LogP contribution in [0.25, 0.3) is 0 Å². The predicted octanol–water partition coefficient (Wildman–Crippen LogP) is 0.452. The van der Waals surface area contributed by atoms with Crippen molar-refractivity contribution in [1.82, 2.24) is 0 Å². The summed E-state index contributed by atoms with van der Waals surface area (Å²) in [6.45, 7) is 3.40. The summed E-state index contributed by atoms with van der Waals surface area (Å²) in [5, 5.41) is 0. The van der Waals surface area contributed by atoms with Gasteiger partial charge in [0.15, 0.2) is 6.61 Å². The Bertz CT molecular complexity index is 377. The first kappa shape index (κ1) is 14.5. The minimum absolute atomic E-state index is 0.0295. The highest BCUT2D eigenvalue weighted by molar-refractivity contribution is 5.71. The molecule has 0 fully saturated rings. The van der Waals surface area contributed by atoms with E-state index in [2.05, 4.69) is 14.1 Å². The molecule has 100 valence electrons. The number of quaternary nitrogens is 1. The van der Waals surface area contributed by atoms with E-state index in [1.807, 2.05) is 31.2 Å². The Hall–Kier alpha value is -1.55. The highest BCUT2D eigenvalue weighted by Crippen LogP contribution is 2.11. The lowest BCUT2D eigenvalue weighted by atomic mass is 10.2. The normalized spacial score (nSPS) is 10.4. The Labute approximate surface area is 108 Å². The zero-order valence-corrected chi connectivity index (χ0v) is 11.4. The van der Waals surface area contributed by atoms with E-state index in [4.69, 9.17) is 9.47 Å². The molecule has 0 amide bonds. The van der Waals surface area contributed by atoms with Gasteiger partial charge in [-0.25, -0.2) is 4.79 Å². The van der Waals surface area contributed by atoms with Crippen LogP contribution < -0.4 is 9.64 Å². The van der Waals surface area contributed by atoms with Crippen LogP contribution in [-0.4, -0.2) is 39.8 Å². The molecule has 1 N–H and O–H groups in total. The van der Waals surface area contributed by atoms with Crippen LogP contribution in [0.5, 0.6) is 5.75 Å². The third-order valence-electron chi connectivity index (χ3n) is 2.43. The molecule has 0 aromatic heterocycles. The zero-order chi connectivity index (χ0) is 13.4. The molecule has 0 atom stereocenters. The van der Waals surface area contributed by atoms with Crippen LogP contribution in [0, 0.1) is 6.92 Å². The molecule has 1 aromatic rings. The number of hydrogen-bond donors (Lipinski definition) is 1. The van der Waals surface area contributed by atoms with E-state index in [9.17, 15) is 4.79 Å². The van der Waals surface area contributed by atoms with Crippen LogP contribution >= 0.6 is 0 Å². The number of benzene rings is 1. The fourth-order valence-corrected chi connectivity index (χ4v) is 1.50. The van der Waals surface area contributed by atoms with Crippen molar-refractivity contribution in [3.63, 3.8) is 0 Å². The second kappa shape index (κ2) is 7.71. The van der Waals surface area contributed by atoms with Crippen molar-refractivity contribution in [2.45, 2.75) is 13.3 Å². The predicted molar refractivity (Wildman–Crippen MR) is 69.9 cm³/mol. The number of hydrogen-bond acceptors (Lipinski definition) is 3. The summed E-state index contributed by atoms with van der Waals surface area (Å²) >= 11 is 0. The van der Waals surface area contributed by atoms with Gasteiger partial charge in [-0.2, -0.15) is 0 Å². The topological polar surface area (TPSA) is 40.0 Å². The largest absolute Gasteiger partial charge is 0.482 e. The Morgan fingerprint density at radius 2 is 2.11 bits per heavy atom. The SMILES string of the molecule is Cc1cccc(OCC(=O)OCCC[NH+](C)C)c1. The van der Waals surface area contributed by atoms with Crippen molar-refractivity contribution >= 4 is 5.97 Å². The molecule has 0 saturated heterocycles. The molecular weight excluding hydrogens is 230 g/mol. The molecule has 0 saturated carbocycles. The molecule has 0 radical (unpaired) electrons. The van der Waals surface area contributed by atoms with Crippen LogP contribution in [0.3, 0.4) is 0 Å². The Morgan fingerprint density at radius 1 is 1.33 bits per heavy atom. The molecule has 18 heavy (non-hydrogen) atoms. The van der Waals surface area contributed by atoms with Crippen LogP contribution in [-0.2, 0) is 9.53 Å². The van der Waals surface area contributed by atoms with Crippen molar-refractivity contribution in [1.29, 1.82) is 0 Å². The number of nitrogens with one attached hydrogen (secondary N) is 1. The van der Waals surface area contributed by atoms with Crippen LogP contribution in [0.15, 0.2) is 24.3 Å². The molecule has 0 bridgehead atoms. The monoisotopic (exact) mass is 252 g/mol. The third-order valence-corrected chi connectivity index (χ3v) is 2.43. The Kier molecular flexibility index (Phi) is 6.22. The molecule has 0 aliphatic heterocycles. The van der Waals surface area contributed by atoms with Crippen molar-refractivity contribution < 1.29 is 19.2 Å². The first-order chi connectivity index (χ1) is 8.58. The van der Waals surface area contributed by atoms with E-state index in [1.54, 1.807) is 0 Å². The molecule has 4 heteroatoms. The maximum atomic E-state index is 11.4. The highest BCUT2D eigenvalue weighted by Gasteiger charge is 2.04. The summed E-state index contributed by atoms with van der Waals surface area (Å²) in [5.41, 5.74) is 1.11. The van der Waals surface area contributed by atoms with Crippen LogP contribution in [0.2, 0.25) is 0 Å². The average molecular weight is 252 g/mol.